The van der Waals surface area contributed by atoms with Gasteiger partial charge in [0, 0.05) is 6.54 Å². The molecule has 1 N–H and O–H groups in total. The highest BCUT2D eigenvalue weighted by molar-refractivity contribution is 5.87. The molecule has 0 aliphatic carbocycles. The van der Waals surface area contributed by atoms with Crippen LogP contribution < -0.4 is 5.32 Å². The predicted molar refractivity (Wildman–Crippen MR) is 47.8 cm³/mol. The van der Waals surface area contributed by atoms with Gasteiger partial charge in [0.2, 0.25) is 0 Å². The molecule has 0 atom stereocenters. The minimum Gasteiger partial charge on any atom is -0.464 e. The van der Waals surface area contributed by atoms with Crippen LogP contribution in [0.25, 0.3) is 0 Å². The van der Waals surface area contributed by atoms with Crippen LogP contribution in [0.1, 0.15) is 16.1 Å². The fourth-order valence-electron chi connectivity index (χ4n) is 1.41. The Hall–Kier alpha value is -1.58. The summed E-state index contributed by atoms with van der Waals surface area (Å²) >= 11 is 0. The molecule has 0 radical (unpaired) electrons. The number of rotatable bonds is 1. The van der Waals surface area contributed by atoms with Crippen LogP contribution in [-0.4, -0.2) is 24.6 Å². The van der Waals surface area contributed by atoms with E-state index >= 15 is 0 Å². The summed E-state index contributed by atoms with van der Waals surface area (Å²) in [5, 5.41) is 3.17. The molecule has 0 amide bonds. The monoisotopic (exact) mass is 178 g/mol. The predicted octanol–water partition coefficient (Wildman–Crippen LogP) is 0.836. The van der Waals surface area contributed by atoms with E-state index in [0.717, 1.165) is 24.2 Å². The summed E-state index contributed by atoms with van der Waals surface area (Å²) in [7, 11) is 1.36. The number of anilines is 1. The number of methoxy groups -OCH3 is 1. The molecule has 4 heteroatoms. The van der Waals surface area contributed by atoms with Crippen molar-refractivity contribution in [2.24, 2.45) is 0 Å². The SMILES string of the molecule is COC(=O)c1cc2c(cn1)NCC2. The smallest absolute Gasteiger partial charge is 0.356 e. The quantitative estimate of drug-likeness (QED) is 0.647. The first-order valence-electron chi connectivity index (χ1n) is 4.12. The van der Waals surface area contributed by atoms with Crippen molar-refractivity contribution in [2.45, 2.75) is 6.42 Å². The summed E-state index contributed by atoms with van der Waals surface area (Å²) in [6.07, 6.45) is 2.62. The van der Waals surface area contributed by atoms with Crippen molar-refractivity contribution >= 4 is 11.7 Å². The van der Waals surface area contributed by atoms with Crippen LogP contribution in [0.15, 0.2) is 12.3 Å². The topological polar surface area (TPSA) is 51.2 Å². The first-order chi connectivity index (χ1) is 6.31. The average Bonchev–Trinajstić information content (AvgIpc) is 2.63. The van der Waals surface area contributed by atoms with Crippen molar-refractivity contribution in [3.63, 3.8) is 0 Å². The van der Waals surface area contributed by atoms with Gasteiger partial charge in [-0.05, 0) is 18.1 Å². The number of carbonyl (C=O) groups excluding carboxylic acids is 1. The van der Waals surface area contributed by atoms with E-state index < -0.39 is 0 Å². The number of nitrogens with zero attached hydrogens (tertiary/aromatic N) is 1. The van der Waals surface area contributed by atoms with Crippen molar-refractivity contribution in [2.75, 3.05) is 19.0 Å². The van der Waals surface area contributed by atoms with Crippen LogP contribution >= 0.6 is 0 Å². The second kappa shape index (κ2) is 3.05. The maximum Gasteiger partial charge on any atom is 0.356 e. The fourth-order valence-corrected chi connectivity index (χ4v) is 1.41. The highest BCUT2D eigenvalue weighted by atomic mass is 16.5. The molecule has 0 saturated carbocycles. The van der Waals surface area contributed by atoms with E-state index in [4.69, 9.17) is 0 Å². The molecular weight excluding hydrogens is 168 g/mol. The lowest BCUT2D eigenvalue weighted by Gasteiger charge is -2.01. The lowest BCUT2D eigenvalue weighted by molar-refractivity contribution is 0.0594. The number of hydrogen-bond donors (Lipinski definition) is 1. The van der Waals surface area contributed by atoms with Gasteiger partial charge in [-0.3, -0.25) is 0 Å². The summed E-state index contributed by atoms with van der Waals surface area (Å²) in [4.78, 5) is 15.1. The van der Waals surface area contributed by atoms with Gasteiger partial charge in [0.05, 0.1) is 19.0 Å². The van der Waals surface area contributed by atoms with Crippen molar-refractivity contribution in [1.29, 1.82) is 0 Å². The molecule has 0 saturated heterocycles. The van der Waals surface area contributed by atoms with Gasteiger partial charge in [-0.2, -0.15) is 0 Å². The Kier molecular flexibility index (Phi) is 1.88. The average molecular weight is 178 g/mol. The Bertz CT molecular complexity index is 349. The number of aromatic nitrogens is 1. The molecular formula is C9H10N2O2. The van der Waals surface area contributed by atoms with E-state index in [1.165, 1.54) is 7.11 Å². The lowest BCUT2D eigenvalue weighted by atomic mass is 10.2. The zero-order chi connectivity index (χ0) is 9.26. The van der Waals surface area contributed by atoms with Gasteiger partial charge in [0.25, 0.3) is 0 Å². The number of ether oxygens (including phenoxy) is 1. The van der Waals surface area contributed by atoms with E-state index in [1.54, 1.807) is 12.3 Å². The molecule has 0 bridgehead atoms. The Morgan fingerprint density at radius 1 is 1.69 bits per heavy atom. The maximum absolute atomic E-state index is 11.1. The van der Waals surface area contributed by atoms with Crippen molar-refractivity contribution < 1.29 is 9.53 Å². The third kappa shape index (κ3) is 1.35. The Labute approximate surface area is 75.9 Å². The first kappa shape index (κ1) is 8.04. The molecule has 2 rings (SSSR count). The number of hydrogen-bond acceptors (Lipinski definition) is 4. The van der Waals surface area contributed by atoms with Crippen LogP contribution in [0.3, 0.4) is 0 Å². The molecule has 13 heavy (non-hydrogen) atoms. The third-order valence-electron chi connectivity index (χ3n) is 2.09. The van der Waals surface area contributed by atoms with Gasteiger partial charge in [-0.15, -0.1) is 0 Å². The van der Waals surface area contributed by atoms with Gasteiger partial charge in [0.15, 0.2) is 0 Å². The Balaban J connectivity index is 2.36. The van der Waals surface area contributed by atoms with Crippen LogP contribution in [0.4, 0.5) is 5.69 Å². The van der Waals surface area contributed by atoms with E-state index in [0.29, 0.717) is 5.69 Å². The Morgan fingerprint density at radius 3 is 3.31 bits per heavy atom. The van der Waals surface area contributed by atoms with Crippen LogP contribution in [0.5, 0.6) is 0 Å². The van der Waals surface area contributed by atoms with Gasteiger partial charge in [-0.25, -0.2) is 9.78 Å². The molecule has 1 aliphatic heterocycles. The second-order valence-corrected chi connectivity index (χ2v) is 2.90. The zero-order valence-electron chi connectivity index (χ0n) is 7.33. The molecule has 4 nitrogen and oxygen atoms in total. The number of nitrogens with one attached hydrogen (secondary N) is 1. The van der Waals surface area contributed by atoms with Crippen molar-refractivity contribution in [3.05, 3.63) is 23.5 Å². The molecule has 68 valence electrons. The summed E-state index contributed by atoms with van der Waals surface area (Å²) < 4.78 is 4.57. The molecule has 0 fully saturated rings. The minimum atomic E-state index is -0.380. The fraction of sp³-hybridized carbons (Fsp3) is 0.333. The molecule has 0 aromatic carbocycles. The summed E-state index contributed by atoms with van der Waals surface area (Å²) in [5.41, 5.74) is 2.54. The summed E-state index contributed by atoms with van der Waals surface area (Å²) in [5.74, 6) is -0.380. The summed E-state index contributed by atoms with van der Waals surface area (Å²) in [6, 6.07) is 1.78. The van der Waals surface area contributed by atoms with Crippen LogP contribution in [0, 0.1) is 0 Å². The molecule has 0 unspecified atom stereocenters. The van der Waals surface area contributed by atoms with Gasteiger partial charge < -0.3 is 10.1 Å². The van der Waals surface area contributed by atoms with E-state index in [1.807, 2.05) is 0 Å². The van der Waals surface area contributed by atoms with Gasteiger partial charge in [0.1, 0.15) is 5.69 Å². The summed E-state index contributed by atoms with van der Waals surface area (Å²) in [6.45, 7) is 0.918. The van der Waals surface area contributed by atoms with Crippen LogP contribution in [0.2, 0.25) is 0 Å². The normalized spacial score (nSPS) is 13.3. The number of fused-ring (bicyclic) bond motifs is 1. The molecule has 1 aliphatic rings. The number of esters is 1. The van der Waals surface area contributed by atoms with E-state index in [9.17, 15) is 4.79 Å². The number of carbonyl (C=O) groups is 1. The lowest BCUT2D eigenvalue weighted by Crippen LogP contribution is -2.04. The largest absolute Gasteiger partial charge is 0.464 e. The third-order valence-corrected chi connectivity index (χ3v) is 2.09. The molecule has 1 aromatic heterocycles. The van der Waals surface area contributed by atoms with E-state index in [-0.39, 0.29) is 5.97 Å². The van der Waals surface area contributed by atoms with Crippen LogP contribution in [-0.2, 0) is 11.2 Å². The molecule has 0 spiro atoms. The van der Waals surface area contributed by atoms with Gasteiger partial charge in [-0.1, -0.05) is 0 Å². The standard InChI is InChI=1S/C9H10N2O2/c1-13-9(12)7-4-6-2-3-10-8(6)5-11-7/h4-5,10H,2-3H2,1H3. The highest BCUT2D eigenvalue weighted by Crippen LogP contribution is 2.21. The number of pyridine rings is 1. The van der Waals surface area contributed by atoms with E-state index in [2.05, 4.69) is 15.0 Å². The van der Waals surface area contributed by atoms with Crippen molar-refractivity contribution in [1.82, 2.24) is 4.98 Å². The highest BCUT2D eigenvalue weighted by Gasteiger charge is 2.14. The zero-order valence-corrected chi connectivity index (χ0v) is 7.33. The minimum absolute atomic E-state index is 0.380. The Morgan fingerprint density at radius 2 is 2.54 bits per heavy atom. The molecule has 1 aromatic rings. The van der Waals surface area contributed by atoms with Gasteiger partial charge >= 0.3 is 5.97 Å². The van der Waals surface area contributed by atoms with Crippen molar-refractivity contribution in [3.8, 4) is 0 Å². The maximum atomic E-state index is 11.1. The second-order valence-electron chi connectivity index (χ2n) is 2.90. The first-order valence-corrected chi connectivity index (χ1v) is 4.12. The molecule has 2 heterocycles.